The average Bonchev–Trinajstić information content (AvgIpc) is 2.75. The first-order valence-corrected chi connectivity index (χ1v) is 6.46. The van der Waals surface area contributed by atoms with Gasteiger partial charge in [-0.2, -0.15) is 0 Å². The maximum atomic E-state index is 11.7. The van der Waals surface area contributed by atoms with Crippen LogP contribution >= 0.6 is 34.5 Å². The zero-order valence-electron chi connectivity index (χ0n) is 8.69. The van der Waals surface area contributed by atoms with Crippen molar-refractivity contribution in [3.05, 3.63) is 62.3 Å². The SMILES string of the molecule is O=C(/C=C/c1ccc(Cl)cc1)c1ccc(Cl)s1. The number of thiophene rings is 1. The fourth-order valence-corrected chi connectivity index (χ4v) is 2.36. The Kier molecular flexibility index (Phi) is 4.00. The number of carbonyl (C=O) groups is 1. The molecule has 1 aromatic carbocycles. The highest BCUT2D eigenvalue weighted by molar-refractivity contribution is 7.18. The van der Waals surface area contributed by atoms with Gasteiger partial charge in [0.1, 0.15) is 0 Å². The van der Waals surface area contributed by atoms with Crippen LogP contribution in [0.2, 0.25) is 9.36 Å². The number of ketones is 1. The first-order chi connectivity index (χ1) is 8.15. The molecule has 1 heterocycles. The van der Waals surface area contributed by atoms with E-state index in [-0.39, 0.29) is 5.78 Å². The fraction of sp³-hybridized carbons (Fsp3) is 0. The first kappa shape index (κ1) is 12.4. The van der Waals surface area contributed by atoms with Crippen LogP contribution in [0.5, 0.6) is 0 Å². The highest BCUT2D eigenvalue weighted by Gasteiger charge is 2.04. The van der Waals surface area contributed by atoms with Gasteiger partial charge >= 0.3 is 0 Å². The second-order valence-electron chi connectivity index (χ2n) is 3.35. The van der Waals surface area contributed by atoms with E-state index in [1.807, 2.05) is 12.1 Å². The van der Waals surface area contributed by atoms with E-state index in [4.69, 9.17) is 23.2 Å². The van der Waals surface area contributed by atoms with Crippen LogP contribution in [0.1, 0.15) is 15.2 Å². The van der Waals surface area contributed by atoms with E-state index in [0.717, 1.165) is 5.56 Å². The summed E-state index contributed by atoms with van der Waals surface area (Å²) in [6.07, 6.45) is 3.29. The zero-order valence-corrected chi connectivity index (χ0v) is 11.0. The van der Waals surface area contributed by atoms with Gasteiger partial charge in [0.15, 0.2) is 5.78 Å². The standard InChI is InChI=1S/C13H8Cl2OS/c14-10-4-1-9(2-5-10)3-6-11(16)12-7-8-13(15)17-12/h1-8H/b6-3+. The molecule has 17 heavy (non-hydrogen) atoms. The van der Waals surface area contributed by atoms with E-state index in [1.54, 1.807) is 30.3 Å². The maximum absolute atomic E-state index is 11.7. The number of hydrogen-bond donors (Lipinski definition) is 0. The molecule has 0 saturated carbocycles. The molecule has 1 nitrogen and oxygen atoms in total. The molecule has 0 amide bonds. The van der Waals surface area contributed by atoms with Crippen molar-refractivity contribution in [3.63, 3.8) is 0 Å². The molecule has 86 valence electrons. The predicted molar refractivity (Wildman–Crippen MR) is 74.1 cm³/mol. The zero-order chi connectivity index (χ0) is 12.3. The van der Waals surface area contributed by atoms with Crippen molar-refractivity contribution in [1.82, 2.24) is 0 Å². The summed E-state index contributed by atoms with van der Waals surface area (Å²) < 4.78 is 0.619. The van der Waals surface area contributed by atoms with Crippen LogP contribution in [-0.4, -0.2) is 5.78 Å². The average molecular weight is 283 g/mol. The van der Waals surface area contributed by atoms with E-state index >= 15 is 0 Å². The van der Waals surface area contributed by atoms with Crippen LogP contribution in [0, 0.1) is 0 Å². The van der Waals surface area contributed by atoms with E-state index < -0.39 is 0 Å². The second kappa shape index (κ2) is 5.50. The molecule has 1 aromatic heterocycles. The Balaban J connectivity index is 2.10. The van der Waals surface area contributed by atoms with Crippen molar-refractivity contribution >= 4 is 46.4 Å². The van der Waals surface area contributed by atoms with Crippen LogP contribution in [0.3, 0.4) is 0 Å². The van der Waals surface area contributed by atoms with E-state index in [9.17, 15) is 4.79 Å². The number of benzene rings is 1. The lowest BCUT2D eigenvalue weighted by Gasteiger charge is -1.93. The highest BCUT2D eigenvalue weighted by Crippen LogP contribution is 2.22. The van der Waals surface area contributed by atoms with Crippen molar-refractivity contribution in [2.24, 2.45) is 0 Å². The van der Waals surface area contributed by atoms with Gasteiger partial charge in [-0.3, -0.25) is 4.79 Å². The Bertz CT molecular complexity index is 555. The third-order valence-corrected chi connectivity index (χ3v) is 3.61. The largest absolute Gasteiger partial charge is 0.288 e. The minimum Gasteiger partial charge on any atom is -0.288 e. The Hall–Kier alpha value is -1.09. The van der Waals surface area contributed by atoms with Gasteiger partial charge in [-0.15, -0.1) is 11.3 Å². The monoisotopic (exact) mass is 282 g/mol. The molecule has 0 aliphatic carbocycles. The Morgan fingerprint density at radius 2 is 1.76 bits per heavy atom. The van der Waals surface area contributed by atoms with Crippen molar-refractivity contribution in [3.8, 4) is 0 Å². The van der Waals surface area contributed by atoms with Gasteiger partial charge in [0.25, 0.3) is 0 Å². The van der Waals surface area contributed by atoms with Gasteiger partial charge in [-0.1, -0.05) is 41.4 Å². The lowest BCUT2D eigenvalue weighted by Crippen LogP contribution is -1.88. The Labute approximate surface area is 113 Å². The molecule has 0 radical (unpaired) electrons. The van der Waals surface area contributed by atoms with Crippen LogP contribution in [0.25, 0.3) is 6.08 Å². The van der Waals surface area contributed by atoms with E-state index in [0.29, 0.717) is 14.2 Å². The van der Waals surface area contributed by atoms with Gasteiger partial charge in [0.05, 0.1) is 9.21 Å². The van der Waals surface area contributed by atoms with Crippen molar-refractivity contribution < 1.29 is 4.79 Å². The predicted octanol–water partition coefficient (Wildman–Crippen LogP) is 4.95. The molecule has 0 fully saturated rings. The van der Waals surface area contributed by atoms with Crippen molar-refractivity contribution in [2.75, 3.05) is 0 Å². The second-order valence-corrected chi connectivity index (χ2v) is 5.50. The molecule has 0 bridgehead atoms. The molecule has 2 rings (SSSR count). The molecule has 0 saturated heterocycles. The summed E-state index contributed by atoms with van der Waals surface area (Å²) in [5.74, 6) is -0.0446. The number of carbonyl (C=O) groups excluding carboxylic acids is 1. The van der Waals surface area contributed by atoms with Crippen molar-refractivity contribution in [2.45, 2.75) is 0 Å². The fourth-order valence-electron chi connectivity index (χ4n) is 1.27. The Morgan fingerprint density at radius 1 is 1.06 bits per heavy atom. The normalized spacial score (nSPS) is 10.9. The molecule has 0 N–H and O–H groups in total. The Morgan fingerprint density at radius 3 is 2.35 bits per heavy atom. The quantitative estimate of drug-likeness (QED) is 0.575. The summed E-state index contributed by atoms with van der Waals surface area (Å²) in [7, 11) is 0. The topological polar surface area (TPSA) is 17.1 Å². The number of hydrogen-bond acceptors (Lipinski definition) is 2. The summed E-state index contributed by atoms with van der Waals surface area (Å²) in [5, 5.41) is 0.679. The number of allylic oxidation sites excluding steroid dienone is 1. The van der Waals surface area contributed by atoms with Crippen LogP contribution in [0.4, 0.5) is 0 Å². The molecule has 0 unspecified atom stereocenters. The number of rotatable bonds is 3. The van der Waals surface area contributed by atoms with Gasteiger partial charge in [-0.05, 0) is 35.9 Å². The van der Waals surface area contributed by atoms with Gasteiger partial charge in [-0.25, -0.2) is 0 Å². The summed E-state index contributed by atoms with van der Waals surface area (Å²) in [5.41, 5.74) is 0.936. The molecular formula is C13H8Cl2OS. The molecule has 0 atom stereocenters. The van der Waals surface area contributed by atoms with Gasteiger partial charge in [0, 0.05) is 5.02 Å². The third-order valence-electron chi connectivity index (χ3n) is 2.11. The summed E-state index contributed by atoms with van der Waals surface area (Å²) in [6.45, 7) is 0. The minimum atomic E-state index is -0.0446. The summed E-state index contributed by atoms with van der Waals surface area (Å²) >= 11 is 12.8. The highest BCUT2D eigenvalue weighted by atomic mass is 35.5. The van der Waals surface area contributed by atoms with Crippen LogP contribution < -0.4 is 0 Å². The molecule has 0 aliphatic heterocycles. The lowest BCUT2D eigenvalue weighted by molar-refractivity contribution is 0.105. The third kappa shape index (κ3) is 3.43. The molecule has 2 aromatic rings. The molecule has 0 aliphatic rings. The number of halogens is 2. The smallest absolute Gasteiger partial charge is 0.195 e. The minimum absolute atomic E-state index is 0.0446. The summed E-state index contributed by atoms with van der Waals surface area (Å²) in [4.78, 5) is 12.4. The van der Waals surface area contributed by atoms with E-state index in [2.05, 4.69) is 0 Å². The first-order valence-electron chi connectivity index (χ1n) is 4.88. The van der Waals surface area contributed by atoms with Crippen LogP contribution in [-0.2, 0) is 0 Å². The van der Waals surface area contributed by atoms with E-state index in [1.165, 1.54) is 17.4 Å². The molecular weight excluding hydrogens is 275 g/mol. The molecule has 0 spiro atoms. The lowest BCUT2D eigenvalue weighted by atomic mass is 10.2. The van der Waals surface area contributed by atoms with Crippen molar-refractivity contribution in [1.29, 1.82) is 0 Å². The van der Waals surface area contributed by atoms with Gasteiger partial charge < -0.3 is 0 Å². The summed E-state index contributed by atoms with van der Waals surface area (Å²) in [6, 6.07) is 10.7. The maximum Gasteiger partial charge on any atom is 0.195 e. The van der Waals surface area contributed by atoms with Crippen LogP contribution in [0.15, 0.2) is 42.5 Å². The molecule has 4 heteroatoms. The van der Waals surface area contributed by atoms with Gasteiger partial charge in [0.2, 0.25) is 0 Å².